The number of methoxy groups -OCH3 is 1. The fraction of sp³-hybridized carbons (Fsp3) is 0.136. The zero-order valence-corrected chi connectivity index (χ0v) is 16.3. The van der Waals surface area contributed by atoms with Crippen LogP contribution in [0, 0.1) is 0 Å². The van der Waals surface area contributed by atoms with Gasteiger partial charge in [-0.3, -0.25) is 4.79 Å². The fourth-order valence-corrected chi connectivity index (χ4v) is 4.19. The summed E-state index contributed by atoms with van der Waals surface area (Å²) >= 11 is 0. The van der Waals surface area contributed by atoms with Crippen molar-refractivity contribution in [1.29, 1.82) is 0 Å². The van der Waals surface area contributed by atoms with Gasteiger partial charge in [-0.25, -0.2) is 8.42 Å². The minimum absolute atomic E-state index is 0.0821. The molecule has 0 fully saturated rings. The number of hydrogen-bond acceptors (Lipinski definition) is 4. The standard InChI is InChI=1S/C22H21NO4S/c1-27-22(24)17-23(16-18-8-4-2-5-9-18)28(25,26)21-14-12-20(13-15-21)19-10-6-3-7-11-19/h2-15H,16-17H2,1H3. The van der Waals surface area contributed by atoms with E-state index in [0.29, 0.717) is 0 Å². The number of esters is 1. The Morgan fingerprint density at radius 1 is 0.821 bits per heavy atom. The van der Waals surface area contributed by atoms with E-state index in [9.17, 15) is 13.2 Å². The third-order valence-electron chi connectivity index (χ3n) is 4.33. The number of benzene rings is 3. The Bertz CT molecular complexity index is 1020. The minimum atomic E-state index is -3.87. The van der Waals surface area contributed by atoms with Crippen molar-refractivity contribution in [3.63, 3.8) is 0 Å². The van der Waals surface area contributed by atoms with Gasteiger partial charge in [0.05, 0.1) is 12.0 Å². The van der Waals surface area contributed by atoms with Crippen LogP contribution in [0.15, 0.2) is 89.8 Å². The molecular weight excluding hydrogens is 374 g/mol. The van der Waals surface area contributed by atoms with Crippen LogP contribution in [-0.2, 0) is 26.1 Å². The molecule has 0 amide bonds. The van der Waals surface area contributed by atoms with E-state index in [1.54, 1.807) is 24.3 Å². The molecular formula is C22H21NO4S. The number of nitrogens with zero attached hydrogens (tertiary/aromatic N) is 1. The maximum absolute atomic E-state index is 13.2. The van der Waals surface area contributed by atoms with Crippen molar-refractivity contribution in [3.8, 4) is 11.1 Å². The first-order valence-corrected chi connectivity index (χ1v) is 10.2. The van der Waals surface area contributed by atoms with Gasteiger partial charge in [0.2, 0.25) is 10.0 Å². The van der Waals surface area contributed by atoms with E-state index in [1.165, 1.54) is 7.11 Å². The highest BCUT2D eigenvalue weighted by Gasteiger charge is 2.27. The Balaban J connectivity index is 1.90. The average Bonchev–Trinajstić information content (AvgIpc) is 2.74. The molecule has 0 N–H and O–H groups in total. The molecule has 3 aromatic rings. The quantitative estimate of drug-likeness (QED) is 0.572. The molecule has 6 heteroatoms. The second-order valence-corrected chi connectivity index (χ2v) is 8.16. The molecule has 0 heterocycles. The van der Waals surface area contributed by atoms with Gasteiger partial charge in [0.25, 0.3) is 0 Å². The molecule has 0 unspecified atom stereocenters. The van der Waals surface area contributed by atoms with Crippen LogP contribution >= 0.6 is 0 Å². The average molecular weight is 395 g/mol. The highest BCUT2D eigenvalue weighted by Crippen LogP contribution is 2.24. The van der Waals surface area contributed by atoms with Crippen molar-refractivity contribution >= 4 is 16.0 Å². The molecule has 0 aromatic heterocycles. The topological polar surface area (TPSA) is 63.7 Å². The van der Waals surface area contributed by atoms with E-state index in [4.69, 9.17) is 0 Å². The number of ether oxygens (including phenoxy) is 1. The Morgan fingerprint density at radius 3 is 1.93 bits per heavy atom. The molecule has 0 aliphatic rings. The molecule has 0 aliphatic heterocycles. The summed E-state index contributed by atoms with van der Waals surface area (Å²) in [6.07, 6.45) is 0. The number of carbonyl (C=O) groups excluding carboxylic acids is 1. The van der Waals surface area contributed by atoms with E-state index < -0.39 is 16.0 Å². The first-order valence-electron chi connectivity index (χ1n) is 8.77. The number of sulfonamides is 1. The van der Waals surface area contributed by atoms with Crippen LogP contribution in [0.3, 0.4) is 0 Å². The van der Waals surface area contributed by atoms with Crippen LogP contribution in [0.4, 0.5) is 0 Å². The van der Waals surface area contributed by atoms with Crippen molar-refractivity contribution in [2.45, 2.75) is 11.4 Å². The Hall–Kier alpha value is -2.96. The lowest BCUT2D eigenvalue weighted by molar-refractivity contribution is -0.140. The Kier molecular flexibility index (Phi) is 6.23. The molecule has 144 valence electrons. The molecule has 0 spiro atoms. The van der Waals surface area contributed by atoms with Gasteiger partial charge >= 0.3 is 5.97 Å². The zero-order chi connectivity index (χ0) is 20.0. The van der Waals surface area contributed by atoms with E-state index >= 15 is 0 Å². The van der Waals surface area contributed by atoms with Crippen molar-refractivity contribution in [2.75, 3.05) is 13.7 Å². The van der Waals surface area contributed by atoms with Gasteiger partial charge in [-0.2, -0.15) is 4.31 Å². The van der Waals surface area contributed by atoms with Crippen LogP contribution in [0.5, 0.6) is 0 Å². The molecule has 0 bridgehead atoms. The van der Waals surface area contributed by atoms with Crippen LogP contribution in [-0.4, -0.2) is 32.3 Å². The molecule has 0 saturated carbocycles. The third kappa shape index (κ3) is 4.65. The predicted molar refractivity (Wildman–Crippen MR) is 108 cm³/mol. The Labute approximate surface area is 165 Å². The van der Waals surface area contributed by atoms with E-state index in [1.807, 2.05) is 60.7 Å². The fourth-order valence-electron chi connectivity index (χ4n) is 2.82. The first kappa shape index (κ1) is 19.8. The largest absolute Gasteiger partial charge is 0.468 e. The molecule has 0 aliphatic carbocycles. The molecule has 0 radical (unpaired) electrons. The maximum Gasteiger partial charge on any atom is 0.321 e. The zero-order valence-electron chi connectivity index (χ0n) is 15.5. The SMILES string of the molecule is COC(=O)CN(Cc1ccccc1)S(=O)(=O)c1ccc(-c2ccccc2)cc1. The number of carbonyl (C=O) groups is 1. The van der Waals surface area contributed by atoms with Gasteiger partial charge in [0, 0.05) is 6.54 Å². The number of hydrogen-bond donors (Lipinski definition) is 0. The van der Waals surface area contributed by atoms with Gasteiger partial charge in [-0.05, 0) is 28.8 Å². The Morgan fingerprint density at radius 2 is 1.36 bits per heavy atom. The summed E-state index contributed by atoms with van der Waals surface area (Å²) in [5.41, 5.74) is 2.71. The van der Waals surface area contributed by atoms with Gasteiger partial charge in [0.15, 0.2) is 0 Å². The molecule has 3 rings (SSSR count). The first-order chi connectivity index (χ1) is 13.5. The summed E-state index contributed by atoms with van der Waals surface area (Å²) in [5, 5.41) is 0. The summed E-state index contributed by atoms with van der Waals surface area (Å²) < 4.78 is 32.1. The summed E-state index contributed by atoms with van der Waals surface area (Å²) in [6.45, 7) is -0.271. The third-order valence-corrected chi connectivity index (χ3v) is 6.14. The van der Waals surface area contributed by atoms with Crippen LogP contribution in [0.25, 0.3) is 11.1 Å². The summed E-state index contributed by atoms with van der Waals surface area (Å²) in [4.78, 5) is 11.9. The molecule has 28 heavy (non-hydrogen) atoms. The van der Waals surface area contributed by atoms with E-state index in [2.05, 4.69) is 4.74 Å². The van der Waals surface area contributed by atoms with Crippen molar-refractivity contribution in [3.05, 3.63) is 90.5 Å². The monoisotopic (exact) mass is 395 g/mol. The van der Waals surface area contributed by atoms with E-state index in [0.717, 1.165) is 21.0 Å². The summed E-state index contributed by atoms with van der Waals surface area (Å²) in [6, 6.07) is 25.5. The second kappa shape index (κ2) is 8.82. The highest BCUT2D eigenvalue weighted by atomic mass is 32.2. The minimum Gasteiger partial charge on any atom is -0.468 e. The second-order valence-electron chi connectivity index (χ2n) is 6.23. The van der Waals surface area contributed by atoms with E-state index in [-0.39, 0.29) is 18.0 Å². The normalized spacial score (nSPS) is 11.4. The smallest absolute Gasteiger partial charge is 0.321 e. The molecule has 3 aromatic carbocycles. The highest BCUT2D eigenvalue weighted by molar-refractivity contribution is 7.89. The van der Waals surface area contributed by atoms with Crippen LogP contribution in [0.1, 0.15) is 5.56 Å². The number of rotatable bonds is 7. The summed E-state index contributed by atoms with van der Waals surface area (Å²) in [5.74, 6) is -0.611. The molecule has 0 saturated heterocycles. The van der Waals surface area contributed by atoms with Gasteiger partial charge in [0.1, 0.15) is 6.54 Å². The van der Waals surface area contributed by atoms with Crippen LogP contribution in [0.2, 0.25) is 0 Å². The molecule has 0 atom stereocenters. The van der Waals surface area contributed by atoms with Crippen molar-refractivity contribution < 1.29 is 17.9 Å². The van der Waals surface area contributed by atoms with Crippen LogP contribution < -0.4 is 0 Å². The predicted octanol–water partition coefficient (Wildman–Crippen LogP) is 3.72. The maximum atomic E-state index is 13.2. The van der Waals surface area contributed by atoms with Crippen molar-refractivity contribution in [1.82, 2.24) is 4.31 Å². The lowest BCUT2D eigenvalue weighted by Gasteiger charge is -2.21. The molecule has 5 nitrogen and oxygen atoms in total. The summed E-state index contributed by atoms with van der Waals surface area (Å²) in [7, 11) is -2.63. The van der Waals surface area contributed by atoms with Crippen molar-refractivity contribution in [2.24, 2.45) is 0 Å². The lowest BCUT2D eigenvalue weighted by atomic mass is 10.1. The van der Waals surface area contributed by atoms with Gasteiger partial charge < -0.3 is 4.74 Å². The van der Waals surface area contributed by atoms with Gasteiger partial charge in [-0.1, -0.05) is 72.8 Å². The lowest BCUT2D eigenvalue weighted by Crippen LogP contribution is -2.35. The van der Waals surface area contributed by atoms with Gasteiger partial charge in [-0.15, -0.1) is 0 Å².